The molecule has 16 heteroatoms. The fourth-order valence-electron chi connectivity index (χ4n) is 4.38. The Hall–Kier alpha value is -3.95. The number of aliphatic imine (C=N–C) groups is 1. The second kappa shape index (κ2) is 12.8. The minimum absolute atomic E-state index is 0.00510. The number of carbonyl (C=O) groups excluding carboxylic acids is 1. The largest absolute Gasteiger partial charge is 0.418 e. The maximum atomic E-state index is 13.7. The van der Waals surface area contributed by atoms with Crippen molar-refractivity contribution in [3.63, 3.8) is 0 Å². The van der Waals surface area contributed by atoms with Gasteiger partial charge in [0.15, 0.2) is 16.1 Å². The van der Waals surface area contributed by atoms with Crippen LogP contribution in [-0.2, 0) is 17.1 Å². The van der Waals surface area contributed by atoms with Crippen LogP contribution >= 0.6 is 35.6 Å². The number of rotatable bonds is 6. The number of nitrogens with zero attached hydrogens (tertiary/aromatic N) is 5. The van der Waals surface area contributed by atoms with Gasteiger partial charge >= 0.3 is 12.4 Å². The second-order valence-corrected chi connectivity index (χ2v) is 11.6. The third-order valence-electron chi connectivity index (χ3n) is 6.72. The van der Waals surface area contributed by atoms with Gasteiger partial charge in [0.25, 0.3) is 0 Å². The summed E-state index contributed by atoms with van der Waals surface area (Å²) in [5.74, 6) is -0.383. The van der Waals surface area contributed by atoms with Crippen LogP contribution in [0.15, 0.2) is 78.0 Å². The zero-order valence-electron chi connectivity index (χ0n) is 23.0. The molecule has 7 nitrogen and oxygen atoms in total. The maximum absolute atomic E-state index is 13.7. The Balaban J connectivity index is 1.23. The van der Waals surface area contributed by atoms with Gasteiger partial charge in [-0.25, -0.2) is 9.67 Å². The molecule has 0 radical (unpaired) electrons. The molecule has 5 rings (SSSR count). The highest BCUT2D eigenvalue weighted by atomic mass is 35.5. The van der Waals surface area contributed by atoms with Crippen LogP contribution < -0.4 is 10.2 Å². The van der Waals surface area contributed by atoms with E-state index in [9.17, 15) is 31.1 Å². The lowest BCUT2D eigenvalue weighted by Crippen LogP contribution is -2.33. The number of halogens is 7. The van der Waals surface area contributed by atoms with Gasteiger partial charge in [0, 0.05) is 17.1 Å². The van der Waals surface area contributed by atoms with E-state index >= 15 is 0 Å². The van der Waals surface area contributed by atoms with Gasteiger partial charge in [-0.1, -0.05) is 54.6 Å². The zero-order chi connectivity index (χ0) is 32.5. The van der Waals surface area contributed by atoms with E-state index in [2.05, 4.69) is 20.4 Å². The number of alkyl halides is 6. The molecule has 1 amide bonds. The molecule has 3 aromatic carbocycles. The first kappa shape index (κ1) is 32.4. The number of benzene rings is 3. The molecule has 234 valence electrons. The first-order valence-corrected chi connectivity index (χ1v) is 14.9. The Morgan fingerprint density at radius 2 is 1.73 bits per heavy atom. The van der Waals surface area contributed by atoms with Gasteiger partial charge in [0.2, 0.25) is 5.91 Å². The van der Waals surface area contributed by atoms with Crippen LogP contribution in [0.1, 0.15) is 29.5 Å². The highest BCUT2D eigenvalue weighted by Crippen LogP contribution is 2.40. The van der Waals surface area contributed by atoms with Gasteiger partial charge in [-0.3, -0.25) is 9.69 Å². The number of aromatic nitrogens is 3. The topological polar surface area (TPSA) is 75.4 Å². The lowest BCUT2D eigenvalue weighted by molar-refractivity contribution is -0.138. The Morgan fingerprint density at radius 3 is 2.38 bits per heavy atom. The van der Waals surface area contributed by atoms with Crippen molar-refractivity contribution in [2.75, 3.05) is 17.2 Å². The van der Waals surface area contributed by atoms with Crippen LogP contribution in [0.2, 0.25) is 5.02 Å². The zero-order valence-corrected chi connectivity index (χ0v) is 25.4. The Labute approximate surface area is 267 Å². The molecule has 0 bridgehead atoms. The first-order chi connectivity index (χ1) is 21.2. The molecule has 1 fully saturated rings. The standard InChI is InChI=1S/C29H21ClF6N6OS2/c1-16(13-37-26(44)39-27-42(24(43)14-45-27)23-12-20(30)8-11-22(23)29(34,35)36)17-2-4-18(5-3-17)25-38-15-41(40-25)21-9-6-19(7-10-21)28(31,32)33/h2-12,15-16H,13-14H2,1H3,(H,37,44). The van der Waals surface area contributed by atoms with E-state index in [0.717, 1.165) is 52.6 Å². The second-order valence-electron chi connectivity index (χ2n) is 9.84. The molecule has 1 atom stereocenters. The van der Waals surface area contributed by atoms with E-state index in [0.29, 0.717) is 23.6 Å². The predicted octanol–water partition coefficient (Wildman–Crippen LogP) is 7.74. The lowest BCUT2D eigenvalue weighted by Gasteiger charge is -2.21. The summed E-state index contributed by atoms with van der Waals surface area (Å²) < 4.78 is 80.9. The average molecular weight is 683 g/mol. The van der Waals surface area contributed by atoms with Crippen LogP contribution in [0.25, 0.3) is 17.1 Å². The van der Waals surface area contributed by atoms with Gasteiger partial charge in [-0.05, 0) is 66.2 Å². The summed E-state index contributed by atoms with van der Waals surface area (Å²) in [6.07, 6.45) is -7.74. The third-order valence-corrected chi connectivity index (χ3v) is 8.11. The van der Waals surface area contributed by atoms with Crippen molar-refractivity contribution < 1.29 is 31.1 Å². The summed E-state index contributed by atoms with van der Waals surface area (Å²) in [6.45, 7) is 2.26. The Morgan fingerprint density at radius 1 is 1.04 bits per heavy atom. The quantitative estimate of drug-likeness (QED) is 0.166. The number of anilines is 1. The number of nitrogens with one attached hydrogen (secondary N) is 1. The number of amidine groups is 1. The van der Waals surface area contributed by atoms with E-state index in [-0.39, 0.29) is 27.0 Å². The normalized spacial score (nSPS) is 15.5. The Bertz CT molecular complexity index is 1760. The summed E-state index contributed by atoms with van der Waals surface area (Å²) >= 11 is 12.2. The average Bonchev–Trinajstić information content (AvgIpc) is 3.62. The van der Waals surface area contributed by atoms with Gasteiger partial charge < -0.3 is 5.32 Å². The molecular weight excluding hydrogens is 662 g/mol. The van der Waals surface area contributed by atoms with Crippen LogP contribution in [0, 0.1) is 0 Å². The molecule has 0 spiro atoms. The molecular formula is C29H21ClF6N6OS2. The highest BCUT2D eigenvalue weighted by molar-refractivity contribution is 8.15. The van der Waals surface area contributed by atoms with Crippen molar-refractivity contribution in [3.05, 3.63) is 94.8 Å². The highest BCUT2D eigenvalue weighted by Gasteiger charge is 2.40. The third kappa shape index (κ3) is 7.48. The minimum atomic E-state index is -4.72. The van der Waals surface area contributed by atoms with E-state index in [1.165, 1.54) is 23.1 Å². The molecule has 1 aliphatic heterocycles. The maximum Gasteiger partial charge on any atom is 0.418 e. The van der Waals surface area contributed by atoms with Crippen molar-refractivity contribution in [1.82, 2.24) is 20.1 Å². The fourth-order valence-corrected chi connectivity index (χ4v) is 5.64. The monoisotopic (exact) mass is 682 g/mol. The van der Waals surface area contributed by atoms with Gasteiger partial charge in [0.1, 0.15) is 6.33 Å². The summed E-state index contributed by atoms with van der Waals surface area (Å²) in [5.41, 5.74) is -0.162. The number of hydrogen-bond donors (Lipinski definition) is 1. The van der Waals surface area contributed by atoms with Crippen LogP contribution in [-0.4, -0.2) is 43.2 Å². The predicted molar refractivity (Wildman–Crippen MR) is 165 cm³/mol. The molecule has 0 aliphatic carbocycles. The minimum Gasteiger partial charge on any atom is -0.360 e. The smallest absolute Gasteiger partial charge is 0.360 e. The molecule has 2 heterocycles. The fraction of sp³-hybridized carbons (Fsp3) is 0.207. The van der Waals surface area contributed by atoms with Gasteiger partial charge in [-0.2, -0.15) is 31.3 Å². The van der Waals surface area contributed by atoms with E-state index in [4.69, 9.17) is 23.8 Å². The number of amides is 1. The van der Waals surface area contributed by atoms with Crippen molar-refractivity contribution in [3.8, 4) is 17.1 Å². The summed E-state index contributed by atoms with van der Waals surface area (Å²) in [7, 11) is 0. The molecule has 1 N–H and O–H groups in total. The van der Waals surface area contributed by atoms with Crippen molar-refractivity contribution >= 4 is 57.5 Å². The van der Waals surface area contributed by atoms with Gasteiger partial charge in [-0.15, -0.1) is 5.10 Å². The number of thiocarbonyl (C=S) groups is 1. The molecule has 1 aromatic heterocycles. The number of thioether (sulfide) groups is 1. The number of hydrogen-bond acceptors (Lipinski definition) is 5. The molecule has 1 saturated heterocycles. The first-order valence-electron chi connectivity index (χ1n) is 13.1. The van der Waals surface area contributed by atoms with Crippen molar-refractivity contribution in [1.29, 1.82) is 0 Å². The lowest BCUT2D eigenvalue weighted by atomic mass is 10.00. The summed E-state index contributed by atoms with van der Waals surface area (Å²) in [6, 6.07) is 14.9. The van der Waals surface area contributed by atoms with E-state index in [1.807, 2.05) is 19.1 Å². The van der Waals surface area contributed by atoms with E-state index in [1.54, 1.807) is 12.1 Å². The molecule has 4 aromatic rings. The Kier molecular flexibility index (Phi) is 9.23. The molecule has 0 saturated carbocycles. The summed E-state index contributed by atoms with van der Waals surface area (Å²) in [5, 5.41) is 7.37. The van der Waals surface area contributed by atoms with Crippen LogP contribution in [0.5, 0.6) is 0 Å². The number of carbonyl (C=O) groups is 1. The molecule has 1 unspecified atom stereocenters. The molecule has 45 heavy (non-hydrogen) atoms. The SMILES string of the molecule is CC(CNC(=S)N=C1SCC(=O)N1c1cc(Cl)ccc1C(F)(F)F)c1ccc(-c2ncn(-c3ccc(C(F)(F)F)cc3)n2)cc1. The molecule has 1 aliphatic rings. The van der Waals surface area contributed by atoms with Crippen LogP contribution in [0.4, 0.5) is 32.0 Å². The van der Waals surface area contributed by atoms with Crippen molar-refractivity contribution in [2.24, 2.45) is 4.99 Å². The van der Waals surface area contributed by atoms with Gasteiger partial charge in [0.05, 0.1) is 28.3 Å². The summed E-state index contributed by atoms with van der Waals surface area (Å²) in [4.78, 5) is 21.9. The van der Waals surface area contributed by atoms with E-state index < -0.39 is 35.1 Å². The van der Waals surface area contributed by atoms with Crippen LogP contribution in [0.3, 0.4) is 0 Å². The van der Waals surface area contributed by atoms with Crippen molar-refractivity contribution in [2.45, 2.75) is 25.2 Å².